The number of hydrogen-bond donors (Lipinski definition) is 0. The molecular formula is C13H11Br2FS. The van der Waals surface area contributed by atoms with Gasteiger partial charge in [-0.1, -0.05) is 28.9 Å². The minimum atomic E-state index is -0.228. The molecule has 2 aromatic rings. The number of aryl methyl sites for hydroxylation is 1. The average molecular weight is 378 g/mol. The Morgan fingerprint density at radius 3 is 2.65 bits per heavy atom. The molecule has 4 heteroatoms. The van der Waals surface area contributed by atoms with Crippen LogP contribution in [0.15, 0.2) is 34.8 Å². The summed E-state index contributed by atoms with van der Waals surface area (Å²) in [5.74, 6) is -0.228. The lowest BCUT2D eigenvalue weighted by Crippen LogP contribution is -1.90. The largest absolute Gasteiger partial charge is 0.206 e. The zero-order valence-electron chi connectivity index (χ0n) is 9.21. The fraction of sp³-hybridized carbons (Fsp3) is 0.231. The molecule has 0 saturated carbocycles. The predicted molar refractivity (Wildman–Crippen MR) is 78.6 cm³/mol. The van der Waals surface area contributed by atoms with Gasteiger partial charge in [0, 0.05) is 9.75 Å². The summed E-state index contributed by atoms with van der Waals surface area (Å²) in [6.45, 7) is 2.15. The predicted octanol–water partition coefficient (Wildman–Crippen LogP) is 5.70. The third-order valence-corrected chi connectivity index (χ3v) is 5.74. The molecule has 0 aliphatic rings. The molecule has 1 atom stereocenters. The van der Waals surface area contributed by atoms with E-state index in [1.54, 1.807) is 11.3 Å². The Morgan fingerprint density at radius 1 is 1.29 bits per heavy atom. The van der Waals surface area contributed by atoms with Gasteiger partial charge in [0.25, 0.3) is 0 Å². The Morgan fingerprint density at radius 2 is 2.06 bits per heavy atom. The van der Waals surface area contributed by atoms with Crippen LogP contribution in [-0.2, 0) is 6.42 Å². The van der Waals surface area contributed by atoms with Gasteiger partial charge in [-0.25, -0.2) is 4.39 Å². The summed E-state index contributed by atoms with van der Waals surface area (Å²) in [4.78, 5) is 2.75. The highest BCUT2D eigenvalue weighted by molar-refractivity contribution is 9.10. The smallest absolute Gasteiger partial charge is 0.137 e. The van der Waals surface area contributed by atoms with Crippen molar-refractivity contribution in [1.82, 2.24) is 0 Å². The van der Waals surface area contributed by atoms with Gasteiger partial charge in [0.05, 0.1) is 9.30 Å². The van der Waals surface area contributed by atoms with Crippen molar-refractivity contribution in [2.45, 2.75) is 18.2 Å². The van der Waals surface area contributed by atoms with Gasteiger partial charge in [0.2, 0.25) is 0 Å². The van der Waals surface area contributed by atoms with Crippen molar-refractivity contribution in [1.29, 1.82) is 0 Å². The summed E-state index contributed by atoms with van der Waals surface area (Å²) in [5, 5.41) is 0. The Hall–Kier alpha value is -0.190. The van der Waals surface area contributed by atoms with Gasteiger partial charge in [0.1, 0.15) is 5.82 Å². The first-order chi connectivity index (χ1) is 8.11. The number of benzene rings is 1. The van der Waals surface area contributed by atoms with Crippen LogP contribution in [0.1, 0.15) is 27.1 Å². The molecule has 2 rings (SSSR count). The second kappa shape index (κ2) is 5.63. The van der Waals surface area contributed by atoms with E-state index in [9.17, 15) is 4.39 Å². The normalized spacial score (nSPS) is 12.7. The third kappa shape index (κ3) is 2.98. The fourth-order valence-corrected chi connectivity index (χ4v) is 3.63. The highest BCUT2D eigenvalue weighted by Gasteiger charge is 2.14. The molecule has 0 aliphatic heterocycles. The number of thiophene rings is 1. The molecule has 0 radical (unpaired) electrons. The van der Waals surface area contributed by atoms with E-state index in [4.69, 9.17) is 0 Å². The van der Waals surface area contributed by atoms with Crippen LogP contribution in [0.2, 0.25) is 0 Å². The fourth-order valence-electron chi connectivity index (χ4n) is 1.56. The van der Waals surface area contributed by atoms with E-state index < -0.39 is 0 Å². The lowest BCUT2D eigenvalue weighted by Gasteiger charge is -2.08. The van der Waals surface area contributed by atoms with Gasteiger partial charge >= 0.3 is 0 Å². The van der Waals surface area contributed by atoms with Crippen LogP contribution in [0.5, 0.6) is 0 Å². The van der Waals surface area contributed by atoms with E-state index in [-0.39, 0.29) is 10.6 Å². The SMILES string of the molecule is CCc1ccc(C(Br)c2ccc(F)c(Br)c2)s1. The first-order valence-corrected chi connectivity index (χ1v) is 7.82. The lowest BCUT2D eigenvalue weighted by atomic mass is 10.1. The average Bonchev–Trinajstić information content (AvgIpc) is 2.80. The molecule has 0 nitrogen and oxygen atoms in total. The van der Waals surface area contributed by atoms with Crippen molar-refractivity contribution >= 4 is 43.2 Å². The molecule has 0 fully saturated rings. The summed E-state index contributed by atoms with van der Waals surface area (Å²) in [6, 6.07) is 9.39. The maximum atomic E-state index is 13.2. The van der Waals surface area contributed by atoms with Crippen molar-refractivity contribution in [2.24, 2.45) is 0 Å². The van der Waals surface area contributed by atoms with E-state index >= 15 is 0 Å². The molecule has 1 unspecified atom stereocenters. The van der Waals surface area contributed by atoms with Gasteiger partial charge in [-0.3, -0.25) is 0 Å². The van der Waals surface area contributed by atoms with E-state index in [0.29, 0.717) is 4.47 Å². The summed E-state index contributed by atoms with van der Waals surface area (Å²) in [5.41, 5.74) is 1.06. The van der Waals surface area contributed by atoms with Crippen LogP contribution in [-0.4, -0.2) is 0 Å². The maximum absolute atomic E-state index is 13.2. The number of rotatable bonds is 3. The standard InChI is InChI=1S/C13H11Br2FS/c1-2-9-4-6-12(17-9)13(15)8-3-5-11(16)10(14)7-8/h3-7,13H,2H2,1H3. The molecule has 1 aromatic heterocycles. The van der Waals surface area contributed by atoms with Gasteiger partial charge < -0.3 is 0 Å². The van der Waals surface area contributed by atoms with Crippen molar-refractivity contribution in [3.63, 3.8) is 0 Å². The third-order valence-electron chi connectivity index (χ3n) is 2.52. The molecule has 1 heterocycles. The molecule has 0 bridgehead atoms. The van der Waals surface area contributed by atoms with Crippen LogP contribution in [0.3, 0.4) is 0 Å². The molecule has 0 saturated heterocycles. The van der Waals surface area contributed by atoms with Crippen LogP contribution in [0.25, 0.3) is 0 Å². The monoisotopic (exact) mass is 376 g/mol. The topological polar surface area (TPSA) is 0 Å². The molecule has 1 aromatic carbocycles. The summed E-state index contributed by atoms with van der Waals surface area (Å²) in [7, 11) is 0. The van der Waals surface area contributed by atoms with Crippen molar-refractivity contribution in [3.8, 4) is 0 Å². The van der Waals surface area contributed by atoms with Gasteiger partial charge in [-0.15, -0.1) is 11.3 Å². The Kier molecular flexibility index (Phi) is 4.39. The second-order valence-electron chi connectivity index (χ2n) is 3.69. The molecule has 0 aliphatic carbocycles. The molecular weight excluding hydrogens is 367 g/mol. The Balaban J connectivity index is 2.29. The van der Waals surface area contributed by atoms with Crippen LogP contribution < -0.4 is 0 Å². The van der Waals surface area contributed by atoms with E-state index in [1.165, 1.54) is 15.8 Å². The zero-order chi connectivity index (χ0) is 12.4. The molecule has 0 amide bonds. The van der Waals surface area contributed by atoms with Crippen LogP contribution in [0.4, 0.5) is 4.39 Å². The van der Waals surface area contributed by atoms with Gasteiger partial charge in [0.15, 0.2) is 0 Å². The number of halogens is 3. The highest BCUT2D eigenvalue weighted by Crippen LogP contribution is 2.36. The van der Waals surface area contributed by atoms with Crippen LogP contribution in [0, 0.1) is 5.82 Å². The number of hydrogen-bond acceptors (Lipinski definition) is 1. The second-order valence-corrected chi connectivity index (χ2v) is 6.66. The zero-order valence-corrected chi connectivity index (χ0v) is 13.2. The summed E-state index contributed by atoms with van der Waals surface area (Å²) < 4.78 is 13.7. The minimum Gasteiger partial charge on any atom is -0.206 e. The van der Waals surface area contributed by atoms with Gasteiger partial charge in [-0.2, -0.15) is 0 Å². The molecule has 17 heavy (non-hydrogen) atoms. The Labute approximate surface area is 121 Å². The molecule has 90 valence electrons. The Bertz CT molecular complexity index is 522. The summed E-state index contributed by atoms with van der Waals surface area (Å²) in [6.07, 6.45) is 1.05. The first kappa shape index (κ1) is 13.2. The summed E-state index contributed by atoms with van der Waals surface area (Å²) >= 11 is 8.67. The minimum absolute atomic E-state index is 0.129. The van der Waals surface area contributed by atoms with Crippen molar-refractivity contribution in [2.75, 3.05) is 0 Å². The maximum Gasteiger partial charge on any atom is 0.137 e. The highest BCUT2D eigenvalue weighted by atomic mass is 79.9. The van der Waals surface area contributed by atoms with E-state index in [2.05, 4.69) is 50.9 Å². The molecule has 0 N–H and O–H groups in total. The van der Waals surface area contributed by atoms with Gasteiger partial charge in [-0.05, 0) is 52.2 Å². The lowest BCUT2D eigenvalue weighted by molar-refractivity contribution is 0.620. The van der Waals surface area contributed by atoms with Crippen molar-refractivity contribution < 1.29 is 4.39 Å². The first-order valence-electron chi connectivity index (χ1n) is 5.29. The van der Waals surface area contributed by atoms with E-state index in [0.717, 1.165) is 12.0 Å². The van der Waals surface area contributed by atoms with Crippen LogP contribution >= 0.6 is 43.2 Å². The van der Waals surface area contributed by atoms with Crippen molar-refractivity contribution in [3.05, 3.63) is 55.9 Å². The number of alkyl halides is 1. The van der Waals surface area contributed by atoms with E-state index in [1.807, 2.05) is 12.1 Å². The quantitative estimate of drug-likeness (QED) is 0.602. The molecule has 0 spiro atoms.